The third-order valence-electron chi connectivity index (χ3n) is 3.14. The number of rotatable bonds is 5. The zero-order chi connectivity index (χ0) is 14.8. The summed E-state index contributed by atoms with van der Waals surface area (Å²) in [4.78, 5) is 0.163. The molecule has 0 N–H and O–H groups in total. The van der Waals surface area contributed by atoms with Crippen LogP contribution in [0.25, 0.3) is 0 Å². The van der Waals surface area contributed by atoms with E-state index < -0.39 is 22.5 Å². The van der Waals surface area contributed by atoms with Gasteiger partial charge in [0, 0.05) is 18.0 Å². The first-order chi connectivity index (χ1) is 9.46. The summed E-state index contributed by atoms with van der Waals surface area (Å²) in [6.07, 6.45) is -0.785. The van der Waals surface area contributed by atoms with Crippen molar-refractivity contribution in [3.63, 3.8) is 0 Å². The molecule has 0 radical (unpaired) electrons. The Labute approximate surface area is 132 Å². The van der Waals surface area contributed by atoms with E-state index in [1.165, 1.54) is 7.11 Å². The predicted molar refractivity (Wildman–Crippen MR) is 82.4 cm³/mol. The minimum Gasteiger partial charge on any atom is -0.356 e. The standard InChI is InChI=1S/C13H17IO5S/c1-9-3-5-10(6-4-9)20(15,16)19-11-7-13(17-2)18-12(11)8-14/h3-6,11-13H,7-8H2,1-2H3/t11-,12+,13+/m0/s1. The fourth-order valence-corrected chi connectivity index (χ4v) is 3.87. The molecule has 112 valence electrons. The Kier molecular flexibility index (Phi) is 5.41. The van der Waals surface area contributed by atoms with Crippen molar-refractivity contribution in [1.29, 1.82) is 0 Å². The van der Waals surface area contributed by atoms with E-state index in [0.717, 1.165) is 5.56 Å². The third kappa shape index (κ3) is 3.70. The Morgan fingerprint density at radius 3 is 2.55 bits per heavy atom. The predicted octanol–water partition coefficient (Wildman–Crippen LogP) is 2.27. The summed E-state index contributed by atoms with van der Waals surface area (Å²) < 4.78 is 41.1. The molecule has 0 amide bonds. The van der Waals surface area contributed by atoms with Crippen molar-refractivity contribution in [2.75, 3.05) is 11.5 Å². The molecule has 0 aromatic heterocycles. The lowest BCUT2D eigenvalue weighted by Crippen LogP contribution is -2.28. The van der Waals surface area contributed by atoms with Crippen LogP contribution in [-0.4, -0.2) is 38.5 Å². The smallest absolute Gasteiger partial charge is 0.297 e. The van der Waals surface area contributed by atoms with Crippen molar-refractivity contribution in [3.05, 3.63) is 29.8 Å². The van der Waals surface area contributed by atoms with Crippen LogP contribution in [0.15, 0.2) is 29.2 Å². The summed E-state index contributed by atoms with van der Waals surface area (Å²) >= 11 is 2.15. The monoisotopic (exact) mass is 412 g/mol. The van der Waals surface area contributed by atoms with E-state index in [1.54, 1.807) is 24.3 Å². The van der Waals surface area contributed by atoms with Crippen LogP contribution in [0, 0.1) is 6.92 Å². The zero-order valence-electron chi connectivity index (χ0n) is 11.3. The molecule has 1 saturated heterocycles. The molecule has 0 bridgehead atoms. The van der Waals surface area contributed by atoms with Gasteiger partial charge in [-0.25, -0.2) is 0 Å². The Morgan fingerprint density at radius 1 is 1.35 bits per heavy atom. The molecule has 0 saturated carbocycles. The second kappa shape index (κ2) is 6.69. The van der Waals surface area contributed by atoms with Gasteiger partial charge in [0.25, 0.3) is 10.1 Å². The molecule has 1 heterocycles. The van der Waals surface area contributed by atoms with Gasteiger partial charge in [-0.1, -0.05) is 40.3 Å². The average molecular weight is 412 g/mol. The minimum absolute atomic E-state index is 0.163. The van der Waals surface area contributed by atoms with E-state index in [9.17, 15) is 8.42 Å². The average Bonchev–Trinajstić information content (AvgIpc) is 2.80. The lowest BCUT2D eigenvalue weighted by molar-refractivity contribution is -0.110. The highest BCUT2D eigenvalue weighted by Crippen LogP contribution is 2.28. The van der Waals surface area contributed by atoms with Crippen molar-refractivity contribution in [3.8, 4) is 0 Å². The van der Waals surface area contributed by atoms with Gasteiger partial charge in [0.05, 0.1) is 11.0 Å². The summed E-state index contributed by atoms with van der Waals surface area (Å²) in [5.74, 6) is 0. The van der Waals surface area contributed by atoms with Crippen molar-refractivity contribution in [1.82, 2.24) is 0 Å². The first-order valence-corrected chi connectivity index (χ1v) is 9.14. The van der Waals surface area contributed by atoms with Crippen LogP contribution in [0.4, 0.5) is 0 Å². The first-order valence-electron chi connectivity index (χ1n) is 6.20. The van der Waals surface area contributed by atoms with Gasteiger partial charge in [-0.3, -0.25) is 4.18 Å². The number of hydrogen-bond acceptors (Lipinski definition) is 5. The van der Waals surface area contributed by atoms with Crippen LogP contribution in [0.2, 0.25) is 0 Å². The molecule has 1 fully saturated rings. The van der Waals surface area contributed by atoms with Crippen LogP contribution >= 0.6 is 22.6 Å². The molecular weight excluding hydrogens is 395 g/mol. The molecule has 1 aliphatic heterocycles. The quantitative estimate of drug-likeness (QED) is 0.422. The van der Waals surface area contributed by atoms with E-state index in [4.69, 9.17) is 13.7 Å². The van der Waals surface area contributed by atoms with Gasteiger partial charge in [0.15, 0.2) is 6.29 Å². The fraction of sp³-hybridized carbons (Fsp3) is 0.538. The molecule has 0 aliphatic carbocycles. The molecule has 1 aromatic carbocycles. The van der Waals surface area contributed by atoms with Crippen molar-refractivity contribution < 1.29 is 22.1 Å². The van der Waals surface area contributed by atoms with Crippen molar-refractivity contribution in [2.24, 2.45) is 0 Å². The number of aryl methyl sites for hydroxylation is 1. The van der Waals surface area contributed by atoms with Crippen LogP contribution in [0.1, 0.15) is 12.0 Å². The highest BCUT2D eigenvalue weighted by atomic mass is 127. The number of hydrogen-bond donors (Lipinski definition) is 0. The molecule has 1 aliphatic rings. The molecule has 3 atom stereocenters. The van der Waals surface area contributed by atoms with Gasteiger partial charge < -0.3 is 9.47 Å². The Morgan fingerprint density at radius 2 is 2.00 bits per heavy atom. The molecule has 0 spiro atoms. The number of benzene rings is 1. The zero-order valence-corrected chi connectivity index (χ0v) is 14.3. The molecule has 2 rings (SSSR count). The number of halogens is 1. The minimum atomic E-state index is -3.77. The van der Waals surface area contributed by atoms with Crippen LogP contribution in [-0.2, 0) is 23.8 Å². The Hall–Kier alpha value is -0.220. The Bertz CT molecular complexity index is 542. The van der Waals surface area contributed by atoms with Crippen LogP contribution in [0.3, 0.4) is 0 Å². The van der Waals surface area contributed by atoms with E-state index >= 15 is 0 Å². The van der Waals surface area contributed by atoms with Crippen LogP contribution in [0.5, 0.6) is 0 Å². The van der Waals surface area contributed by atoms with Gasteiger partial charge in [0.1, 0.15) is 6.10 Å². The second-order valence-electron chi connectivity index (χ2n) is 4.63. The molecule has 20 heavy (non-hydrogen) atoms. The van der Waals surface area contributed by atoms with Crippen molar-refractivity contribution in [2.45, 2.75) is 36.7 Å². The lowest BCUT2D eigenvalue weighted by Gasteiger charge is -2.16. The van der Waals surface area contributed by atoms with Gasteiger partial charge in [-0.05, 0) is 19.1 Å². The van der Waals surface area contributed by atoms with Crippen molar-refractivity contribution >= 4 is 32.7 Å². The SMILES string of the molecule is CO[C@H]1C[C@H](OS(=O)(=O)c2ccc(C)cc2)[C@@H](CI)O1. The normalized spacial score (nSPS) is 26.9. The number of ether oxygens (including phenoxy) is 2. The summed E-state index contributed by atoms with van der Waals surface area (Å²) in [6, 6.07) is 6.59. The van der Waals surface area contributed by atoms with E-state index in [-0.39, 0.29) is 11.0 Å². The summed E-state index contributed by atoms with van der Waals surface area (Å²) in [5, 5.41) is 0. The number of alkyl halides is 1. The van der Waals surface area contributed by atoms with E-state index in [0.29, 0.717) is 10.8 Å². The topological polar surface area (TPSA) is 61.8 Å². The maximum Gasteiger partial charge on any atom is 0.297 e. The molecule has 7 heteroatoms. The fourth-order valence-electron chi connectivity index (χ4n) is 1.99. The first kappa shape index (κ1) is 16.2. The molecule has 1 aromatic rings. The molecular formula is C13H17IO5S. The van der Waals surface area contributed by atoms with Crippen LogP contribution < -0.4 is 0 Å². The van der Waals surface area contributed by atoms with Gasteiger partial charge in [-0.15, -0.1) is 0 Å². The maximum absolute atomic E-state index is 12.2. The largest absolute Gasteiger partial charge is 0.356 e. The summed E-state index contributed by atoms with van der Waals surface area (Å²) in [7, 11) is -2.24. The van der Waals surface area contributed by atoms with E-state index in [1.807, 2.05) is 6.92 Å². The highest BCUT2D eigenvalue weighted by molar-refractivity contribution is 14.1. The number of methoxy groups -OCH3 is 1. The second-order valence-corrected chi connectivity index (χ2v) is 7.08. The third-order valence-corrected chi connectivity index (χ3v) is 5.36. The molecule has 5 nitrogen and oxygen atoms in total. The van der Waals surface area contributed by atoms with Gasteiger partial charge in [0.2, 0.25) is 0 Å². The molecule has 0 unspecified atom stereocenters. The summed E-state index contributed by atoms with van der Waals surface area (Å²) in [6.45, 7) is 1.90. The highest BCUT2D eigenvalue weighted by Gasteiger charge is 2.38. The van der Waals surface area contributed by atoms with Gasteiger partial charge >= 0.3 is 0 Å². The lowest BCUT2D eigenvalue weighted by atomic mass is 10.2. The summed E-state index contributed by atoms with van der Waals surface area (Å²) in [5.41, 5.74) is 0.998. The van der Waals surface area contributed by atoms with Gasteiger partial charge in [-0.2, -0.15) is 8.42 Å². The van der Waals surface area contributed by atoms with E-state index in [2.05, 4.69) is 22.6 Å². The Balaban J connectivity index is 2.13. The maximum atomic E-state index is 12.2.